The molecule has 0 saturated heterocycles. The molecule has 0 aliphatic heterocycles. The van der Waals surface area contributed by atoms with Crippen LogP contribution in [-0.2, 0) is 27.2 Å². The molecule has 10 valence electrons. The molecule has 0 aromatic heterocycles. The van der Waals surface area contributed by atoms with Crippen molar-refractivity contribution in [1.82, 2.24) is 0 Å². The average molecular weight is 157 g/mol. The summed E-state index contributed by atoms with van der Waals surface area (Å²) < 4.78 is 0. The van der Waals surface area contributed by atoms with Crippen LogP contribution < -0.4 is 18.9 Å². The van der Waals surface area contributed by atoms with Crippen LogP contribution in [0, 0.1) is 0 Å². The van der Waals surface area contributed by atoms with Crippen LogP contribution in [0.4, 0.5) is 0 Å². The van der Waals surface area contributed by atoms with Gasteiger partial charge in [0, 0.05) is 0 Å². The van der Waals surface area contributed by atoms with Gasteiger partial charge < -0.3 is 5.48 Å². The van der Waals surface area contributed by atoms with Crippen molar-refractivity contribution in [3.05, 3.63) is 0 Å². The first kappa shape index (κ1) is 78.1. The Labute approximate surface area is 83.6 Å². The number of rotatable bonds is 0. The maximum absolute atomic E-state index is 0. The van der Waals surface area contributed by atoms with E-state index >= 15 is 0 Å². The van der Waals surface area contributed by atoms with Gasteiger partial charge in [0.25, 0.3) is 0 Å². The zero-order chi connectivity index (χ0) is 0. The van der Waals surface area contributed by atoms with E-state index in [2.05, 4.69) is 0 Å². The van der Waals surface area contributed by atoms with Crippen LogP contribution in [-0.4, -0.2) is 28.3 Å². The molecule has 0 unspecified atom stereocenters. The first-order chi connectivity index (χ1) is 0. The summed E-state index contributed by atoms with van der Waals surface area (Å²) in [6.07, 6.45) is 0. The molecule has 0 aromatic carbocycles. The van der Waals surface area contributed by atoms with E-state index < -0.39 is 0 Å². The van der Waals surface area contributed by atoms with Crippen molar-refractivity contribution < 1.29 is 46.1 Å². The molecular weight excluding hydrogens is 157 g/mol. The molecule has 1 nitrogen and oxygen atoms in total. The average Bonchev–Trinajstić information content (AvgIpc) is 0. The molecule has 0 aliphatic carbocycles. The third-order valence-electron chi connectivity index (χ3n) is 0. The van der Waals surface area contributed by atoms with Gasteiger partial charge in [-0.3, -0.25) is 0 Å². The Morgan fingerprint density at radius 3 is 1.00 bits per heavy atom. The maximum Gasteiger partial charge on any atom is 4.00 e. The van der Waals surface area contributed by atoms with Gasteiger partial charge in [-0.1, -0.05) is 0 Å². The summed E-state index contributed by atoms with van der Waals surface area (Å²) >= 11 is 0. The van der Waals surface area contributed by atoms with E-state index in [1.54, 1.807) is 0 Å². The normalized spacial score (nSPS) is 0. The van der Waals surface area contributed by atoms with Crippen LogP contribution in [0.3, 0.4) is 0 Å². The van der Waals surface area contributed by atoms with Gasteiger partial charge in [0.1, 0.15) is 0 Å². The van der Waals surface area contributed by atoms with Crippen molar-refractivity contribution in [3.8, 4) is 0 Å². The largest absolute Gasteiger partial charge is 4.00 e. The Balaban J connectivity index is 0. The smallest absolute Gasteiger partial charge is 2.00 e. The Kier molecular flexibility index (Phi) is 672. The second kappa shape index (κ2) is 51.6. The van der Waals surface area contributed by atoms with Gasteiger partial charge in [-0.15, -0.1) is 0 Å². The summed E-state index contributed by atoms with van der Waals surface area (Å²) in [6.45, 7) is 0. The summed E-state index contributed by atoms with van der Waals surface area (Å²) in [4.78, 5) is 0. The van der Waals surface area contributed by atoms with Gasteiger partial charge in [0.15, 0.2) is 0 Å². The third kappa shape index (κ3) is 31.9. The summed E-state index contributed by atoms with van der Waals surface area (Å²) in [5.74, 6) is 0. The molecule has 0 bridgehead atoms. The molecule has 0 N–H and O–H groups in total. The van der Waals surface area contributed by atoms with Crippen LogP contribution in [0.2, 0.25) is 0 Å². The summed E-state index contributed by atoms with van der Waals surface area (Å²) in [5, 5.41) is 0. The minimum Gasteiger partial charge on any atom is -2.00 e. The Morgan fingerprint density at radius 1 is 1.00 bits per heavy atom. The van der Waals surface area contributed by atoms with E-state index in [1.807, 2.05) is 0 Å². The van der Waals surface area contributed by atoms with E-state index in [0.717, 1.165) is 0 Å². The van der Waals surface area contributed by atoms with Crippen molar-refractivity contribution in [2.24, 2.45) is 0 Å². The Hall–Kier alpha value is 2.45. The fraction of sp³-hybridized carbons (Fsp3) is 0. The molecule has 0 rings (SSSR count). The predicted molar refractivity (Wildman–Crippen MR) is 19.1 cm³/mol. The molecule has 0 heterocycles. The van der Waals surface area contributed by atoms with Gasteiger partial charge in [-0.2, -0.15) is 0 Å². The zero-order valence-corrected chi connectivity index (χ0v) is 8.04. The molecule has 2 radical (unpaired) electrons. The molecule has 0 aromatic rings. The van der Waals surface area contributed by atoms with Gasteiger partial charge >= 0.3 is 78.8 Å². The first-order valence-electron chi connectivity index (χ1n) is 0. The minimum atomic E-state index is 0. The fourth-order valence-electron chi connectivity index (χ4n) is 0. The van der Waals surface area contributed by atoms with Crippen molar-refractivity contribution >= 4 is 38.2 Å². The molecule has 0 amide bonds. The monoisotopic (exact) mass is 157 g/mol. The molecule has 0 spiro atoms. The van der Waals surface area contributed by atoms with Crippen LogP contribution in [0.1, 0.15) is 0 Å². The first-order valence-corrected chi connectivity index (χ1v) is 0. The van der Waals surface area contributed by atoms with Crippen molar-refractivity contribution in [2.75, 3.05) is 0 Å². The fourth-order valence-corrected chi connectivity index (χ4v) is 0. The molecule has 0 aliphatic rings. The SMILES string of the molecule is [Al+3].[Li+].[O-2].[P+3].[Si+4].[Ti+4]. The van der Waals surface area contributed by atoms with Crippen LogP contribution in [0.25, 0.3) is 0 Å². The quantitative estimate of drug-likeness (QED) is 0.264. The zero-order valence-electron chi connectivity index (χ0n) is 3.43. The standard InChI is InChI=1S/Al.Li.O.P.Si.Ti/q+3;+1;-2;+3;2*+4. The molecule has 0 fully saturated rings. The van der Waals surface area contributed by atoms with Crippen LogP contribution >= 0.6 is 9.90 Å². The van der Waals surface area contributed by atoms with Gasteiger partial charge in [-0.05, 0) is 0 Å². The Morgan fingerprint density at radius 2 is 1.00 bits per heavy atom. The summed E-state index contributed by atoms with van der Waals surface area (Å²) in [5.41, 5.74) is 0. The van der Waals surface area contributed by atoms with Crippen molar-refractivity contribution in [1.29, 1.82) is 0 Å². The summed E-state index contributed by atoms with van der Waals surface area (Å²) in [7, 11) is 0. The van der Waals surface area contributed by atoms with Gasteiger partial charge in [-0.25, -0.2) is 0 Å². The van der Waals surface area contributed by atoms with E-state index in [-0.39, 0.29) is 84.3 Å². The topological polar surface area (TPSA) is 28.5 Å². The number of hydrogen-bond acceptors (Lipinski definition) is 0. The second-order valence-corrected chi connectivity index (χ2v) is 0. The minimum absolute atomic E-state index is 0. The molecule has 0 saturated carbocycles. The predicted octanol–water partition coefficient (Wildman–Crippen LogP) is -3.02. The second-order valence-electron chi connectivity index (χ2n) is 0. The molecular formula is AlLiOPSiTi+13. The van der Waals surface area contributed by atoms with Gasteiger partial charge in [0.2, 0.25) is 0 Å². The van der Waals surface area contributed by atoms with Crippen molar-refractivity contribution in [3.63, 3.8) is 0 Å². The number of hydrogen-bond donors (Lipinski definition) is 0. The third-order valence-corrected chi connectivity index (χ3v) is 0. The van der Waals surface area contributed by atoms with Gasteiger partial charge in [0.05, 0.1) is 0 Å². The molecule has 6 heteroatoms. The Bertz CT molecular complexity index is 15.5. The molecule has 0 atom stereocenters. The van der Waals surface area contributed by atoms with E-state index in [0.29, 0.717) is 0 Å². The van der Waals surface area contributed by atoms with E-state index in [4.69, 9.17) is 0 Å². The van der Waals surface area contributed by atoms with Crippen LogP contribution in [0.15, 0.2) is 0 Å². The van der Waals surface area contributed by atoms with Crippen LogP contribution in [0.5, 0.6) is 0 Å². The van der Waals surface area contributed by atoms with E-state index in [1.165, 1.54) is 0 Å². The van der Waals surface area contributed by atoms with Crippen molar-refractivity contribution in [2.45, 2.75) is 0 Å². The van der Waals surface area contributed by atoms with E-state index in [9.17, 15) is 0 Å². The molecule has 6 heavy (non-hydrogen) atoms. The maximum atomic E-state index is 0. The summed E-state index contributed by atoms with van der Waals surface area (Å²) in [6, 6.07) is 0.